The lowest BCUT2D eigenvalue weighted by Gasteiger charge is -2.34. The van der Waals surface area contributed by atoms with Crippen molar-refractivity contribution in [3.63, 3.8) is 0 Å². The van der Waals surface area contributed by atoms with Gasteiger partial charge < -0.3 is 10.1 Å². The van der Waals surface area contributed by atoms with Crippen LogP contribution in [-0.4, -0.2) is 25.8 Å². The monoisotopic (exact) mass is 269 g/mol. The van der Waals surface area contributed by atoms with E-state index in [1.54, 1.807) is 0 Å². The number of rotatable bonds is 7. The van der Waals surface area contributed by atoms with E-state index in [4.69, 9.17) is 4.74 Å². The van der Waals surface area contributed by atoms with Crippen LogP contribution < -0.4 is 5.32 Å². The second kappa shape index (κ2) is 8.26. The number of ether oxygens (including phenoxy) is 1. The molecule has 1 rings (SSSR count). The van der Waals surface area contributed by atoms with Crippen LogP contribution in [0.4, 0.5) is 0 Å². The summed E-state index contributed by atoms with van der Waals surface area (Å²) in [6.45, 7) is 14.8. The maximum atomic E-state index is 5.69. The van der Waals surface area contributed by atoms with Gasteiger partial charge in [0.1, 0.15) is 0 Å². The molecule has 0 radical (unpaired) electrons. The average molecular weight is 269 g/mol. The van der Waals surface area contributed by atoms with Crippen LogP contribution in [0, 0.1) is 17.3 Å². The molecule has 1 N–H and O–H groups in total. The Bertz CT molecular complexity index is 228. The average Bonchev–Trinajstić information content (AvgIpc) is 2.33. The van der Waals surface area contributed by atoms with Crippen molar-refractivity contribution in [3.05, 3.63) is 0 Å². The molecule has 114 valence electrons. The van der Waals surface area contributed by atoms with Crippen molar-refractivity contribution < 1.29 is 4.74 Å². The van der Waals surface area contributed by atoms with Crippen molar-refractivity contribution in [2.45, 2.75) is 72.8 Å². The van der Waals surface area contributed by atoms with Crippen molar-refractivity contribution in [1.29, 1.82) is 0 Å². The lowest BCUT2D eigenvalue weighted by Crippen LogP contribution is -2.42. The Kier molecular flexibility index (Phi) is 7.38. The third-order valence-corrected chi connectivity index (χ3v) is 4.04. The van der Waals surface area contributed by atoms with Crippen LogP contribution in [0.15, 0.2) is 0 Å². The fraction of sp³-hybridized carbons (Fsp3) is 1.00. The summed E-state index contributed by atoms with van der Waals surface area (Å²) in [5, 5.41) is 3.78. The summed E-state index contributed by atoms with van der Waals surface area (Å²) in [4.78, 5) is 0. The molecular weight excluding hydrogens is 234 g/mol. The largest absolute Gasteiger partial charge is 0.381 e. The quantitative estimate of drug-likeness (QED) is 0.746. The second-order valence-corrected chi connectivity index (χ2v) is 7.64. The van der Waals surface area contributed by atoms with Gasteiger partial charge in [0.25, 0.3) is 0 Å². The van der Waals surface area contributed by atoms with Gasteiger partial charge in [0.2, 0.25) is 0 Å². The highest BCUT2D eigenvalue weighted by Gasteiger charge is 2.26. The third kappa shape index (κ3) is 7.31. The van der Waals surface area contributed by atoms with Crippen molar-refractivity contribution in [2.24, 2.45) is 17.3 Å². The van der Waals surface area contributed by atoms with Crippen LogP contribution >= 0.6 is 0 Å². The van der Waals surface area contributed by atoms with Gasteiger partial charge >= 0.3 is 0 Å². The molecule has 1 aliphatic rings. The highest BCUT2D eigenvalue weighted by Crippen LogP contribution is 2.29. The summed E-state index contributed by atoms with van der Waals surface area (Å²) in [6.07, 6.45) is 6.40. The third-order valence-electron chi connectivity index (χ3n) is 4.04. The molecule has 0 amide bonds. The van der Waals surface area contributed by atoms with Crippen molar-refractivity contribution in [3.8, 4) is 0 Å². The summed E-state index contributed by atoms with van der Waals surface area (Å²) in [5.41, 5.74) is 0.442. The number of nitrogens with one attached hydrogen (secondary N) is 1. The Morgan fingerprint density at radius 3 is 2.58 bits per heavy atom. The van der Waals surface area contributed by atoms with Crippen LogP contribution in [0.3, 0.4) is 0 Å². The highest BCUT2D eigenvalue weighted by atomic mass is 16.5. The first-order valence-corrected chi connectivity index (χ1v) is 8.23. The van der Waals surface area contributed by atoms with E-state index in [1.165, 1.54) is 32.1 Å². The normalized spacial score (nSPS) is 24.2. The van der Waals surface area contributed by atoms with E-state index in [2.05, 4.69) is 39.9 Å². The van der Waals surface area contributed by atoms with Crippen LogP contribution in [-0.2, 0) is 4.74 Å². The van der Waals surface area contributed by atoms with Gasteiger partial charge in [-0.2, -0.15) is 0 Å². The smallest absolute Gasteiger partial charge is 0.0509 e. The second-order valence-electron chi connectivity index (χ2n) is 7.64. The molecule has 1 aliphatic heterocycles. The minimum Gasteiger partial charge on any atom is -0.381 e. The molecule has 2 nitrogen and oxygen atoms in total. The summed E-state index contributed by atoms with van der Waals surface area (Å²) in [6, 6.07) is 0.651. The fourth-order valence-corrected chi connectivity index (χ4v) is 3.42. The molecule has 0 aliphatic carbocycles. The van der Waals surface area contributed by atoms with Crippen LogP contribution in [0.5, 0.6) is 0 Å². The van der Waals surface area contributed by atoms with Gasteiger partial charge in [0.15, 0.2) is 0 Å². The SMILES string of the molecule is CCCNC(CC(C)CC(C)(C)C)C1CCCOC1. The molecule has 0 saturated carbocycles. The topological polar surface area (TPSA) is 21.3 Å². The number of hydrogen-bond acceptors (Lipinski definition) is 2. The van der Waals surface area contributed by atoms with Crippen molar-refractivity contribution in [1.82, 2.24) is 5.32 Å². The molecule has 2 heteroatoms. The maximum Gasteiger partial charge on any atom is 0.0509 e. The zero-order valence-corrected chi connectivity index (χ0v) is 13.8. The van der Waals surface area contributed by atoms with E-state index >= 15 is 0 Å². The predicted molar refractivity (Wildman–Crippen MR) is 83.5 cm³/mol. The van der Waals surface area contributed by atoms with Gasteiger partial charge in [0.05, 0.1) is 6.61 Å². The van der Waals surface area contributed by atoms with Gasteiger partial charge in [-0.05, 0) is 55.9 Å². The molecule has 1 fully saturated rings. The molecule has 0 aromatic rings. The van der Waals surface area contributed by atoms with Gasteiger partial charge in [0, 0.05) is 12.6 Å². The predicted octanol–water partition coefficient (Wildman–Crippen LogP) is 4.24. The molecule has 1 saturated heterocycles. The molecule has 0 bridgehead atoms. The first-order valence-electron chi connectivity index (χ1n) is 8.23. The summed E-state index contributed by atoms with van der Waals surface area (Å²) >= 11 is 0. The Morgan fingerprint density at radius 1 is 1.32 bits per heavy atom. The lowest BCUT2D eigenvalue weighted by atomic mass is 9.80. The molecule has 1 heterocycles. The molecule has 0 aromatic carbocycles. The Hall–Kier alpha value is -0.0800. The molecule has 0 spiro atoms. The van der Waals surface area contributed by atoms with Gasteiger partial charge in [-0.15, -0.1) is 0 Å². The molecule has 3 atom stereocenters. The van der Waals surface area contributed by atoms with Gasteiger partial charge in [-0.25, -0.2) is 0 Å². The summed E-state index contributed by atoms with van der Waals surface area (Å²) in [5.74, 6) is 1.51. The van der Waals surface area contributed by atoms with Crippen molar-refractivity contribution in [2.75, 3.05) is 19.8 Å². The fourth-order valence-electron chi connectivity index (χ4n) is 3.42. The van der Waals surface area contributed by atoms with E-state index in [-0.39, 0.29) is 0 Å². The Balaban J connectivity index is 2.47. The van der Waals surface area contributed by atoms with Crippen molar-refractivity contribution >= 4 is 0 Å². The molecule has 0 aromatic heterocycles. The van der Waals surface area contributed by atoms with E-state index in [1.807, 2.05) is 0 Å². The van der Waals surface area contributed by atoms with E-state index in [0.717, 1.165) is 31.6 Å². The summed E-state index contributed by atoms with van der Waals surface area (Å²) in [7, 11) is 0. The van der Waals surface area contributed by atoms with E-state index in [0.29, 0.717) is 11.5 Å². The minimum absolute atomic E-state index is 0.442. The lowest BCUT2D eigenvalue weighted by molar-refractivity contribution is 0.0346. The minimum atomic E-state index is 0.442. The Morgan fingerprint density at radius 2 is 2.05 bits per heavy atom. The summed E-state index contributed by atoms with van der Waals surface area (Å²) < 4.78 is 5.69. The van der Waals surface area contributed by atoms with Crippen LogP contribution in [0.1, 0.15) is 66.7 Å². The zero-order valence-electron chi connectivity index (χ0n) is 13.8. The first-order chi connectivity index (χ1) is 8.92. The number of hydrogen-bond donors (Lipinski definition) is 1. The van der Waals surface area contributed by atoms with Crippen LogP contribution in [0.25, 0.3) is 0 Å². The standard InChI is InChI=1S/C17H35NO/c1-6-9-18-16(15-8-7-10-19-13-15)11-14(2)12-17(3,4)5/h14-16,18H,6-13H2,1-5H3. The Labute approximate surface area is 120 Å². The molecule has 3 unspecified atom stereocenters. The van der Waals surface area contributed by atoms with Crippen LogP contribution in [0.2, 0.25) is 0 Å². The first kappa shape index (κ1) is 17.0. The zero-order chi connectivity index (χ0) is 14.3. The van der Waals surface area contributed by atoms with Gasteiger partial charge in [-0.1, -0.05) is 34.6 Å². The van der Waals surface area contributed by atoms with E-state index < -0.39 is 0 Å². The molecule has 19 heavy (non-hydrogen) atoms. The van der Waals surface area contributed by atoms with Gasteiger partial charge in [-0.3, -0.25) is 0 Å². The van der Waals surface area contributed by atoms with E-state index in [9.17, 15) is 0 Å². The maximum absolute atomic E-state index is 5.69. The highest BCUT2D eigenvalue weighted by molar-refractivity contribution is 4.81. The molecular formula is C17H35NO.